The maximum absolute atomic E-state index is 12.4. The molecule has 17 heavy (non-hydrogen) atoms. The number of nitrogens with one attached hydrogen (secondary N) is 1. The molecule has 0 bridgehead atoms. The van der Waals surface area contributed by atoms with Crippen LogP contribution in [0.5, 0.6) is 0 Å². The maximum atomic E-state index is 12.4. The minimum absolute atomic E-state index is 0.104. The molecule has 1 N–H and O–H groups in total. The number of carbonyl (C=O) groups is 1. The number of benzene rings is 1. The summed E-state index contributed by atoms with van der Waals surface area (Å²) < 4.78 is 0.944. The maximum Gasteiger partial charge on any atom is 0.252 e. The molecule has 1 aromatic carbocycles. The van der Waals surface area contributed by atoms with Crippen LogP contribution in [0.25, 0.3) is 0 Å². The van der Waals surface area contributed by atoms with Gasteiger partial charge in [-0.2, -0.15) is 0 Å². The normalized spacial score (nSPS) is 18.0. The molecule has 0 aromatic heterocycles. The number of hydrogen-bond donors (Lipinski definition) is 1. The second kappa shape index (κ2) is 4.02. The first-order valence-corrected chi connectivity index (χ1v) is 6.54. The molecule has 1 amide bonds. The topological polar surface area (TPSA) is 32.3 Å². The Hall–Kier alpha value is -1.03. The number of halogens is 1. The van der Waals surface area contributed by atoms with Gasteiger partial charge in [0.25, 0.3) is 5.91 Å². The molecule has 1 aliphatic heterocycles. The second-order valence-electron chi connectivity index (χ2n) is 5.15. The molecule has 0 radical (unpaired) electrons. The highest BCUT2D eigenvalue weighted by Crippen LogP contribution is 2.41. The lowest BCUT2D eigenvalue weighted by Gasteiger charge is -2.42. The van der Waals surface area contributed by atoms with Crippen LogP contribution in [0, 0.1) is 0 Å². The van der Waals surface area contributed by atoms with E-state index in [0.29, 0.717) is 0 Å². The van der Waals surface area contributed by atoms with Crippen molar-refractivity contribution in [3.05, 3.63) is 22.7 Å². The van der Waals surface area contributed by atoms with Crippen molar-refractivity contribution >= 4 is 33.2 Å². The fourth-order valence-corrected chi connectivity index (χ4v) is 2.70. The lowest BCUT2D eigenvalue weighted by Crippen LogP contribution is -2.56. The SMILES string of the molecule is CC(C)N1C(=O)C(C)(C)Nc2cccc(Br)c21. The summed E-state index contributed by atoms with van der Waals surface area (Å²) in [5.74, 6) is 0.104. The van der Waals surface area contributed by atoms with E-state index in [2.05, 4.69) is 21.2 Å². The minimum atomic E-state index is -0.557. The van der Waals surface area contributed by atoms with Crippen molar-refractivity contribution in [3.8, 4) is 0 Å². The molecule has 1 aromatic rings. The Morgan fingerprint density at radius 1 is 1.35 bits per heavy atom. The van der Waals surface area contributed by atoms with Crippen LogP contribution < -0.4 is 10.2 Å². The Balaban J connectivity index is 2.64. The molecule has 0 saturated carbocycles. The lowest BCUT2D eigenvalue weighted by molar-refractivity contribution is -0.122. The van der Waals surface area contributed by atoms with Crippen LogP contribution in [0.1, 0.15) is 27.7 Å². The summed E-state index contributed by atoms with van der Waals surface area (Å²) in [5, 5.41) is 3.29. The van der Waals surface area contributed by atoms with E-state index in [4.69, 9.17) is 0 Å². The predicted molar refractivity (Wildman–Crippen MR) is 74.5 cm³/mol. The first-order chi connectivity index (χ1) is 7.84. The third-order valence-electron chi connectivity index (χ3n) is 2.94. The summed E-state index contributed by atoms with van der Waals surface area (Å²) in [5.41, 5.74) is 1.38. The van der Waals surface area contributed by atoms with Gasteiger partial charge in [-0.1, -0.05) is 6.07 Å². The molecule has 92 valence electrons. The fourth-order valence-electron chi connectivity index (χ4n) is 2.15. The average Bonchev–Trinajstić information content (AvgIpc) is 2.20. The predicted octanol–water partition coefficient (Wildman–Crippen LogP) is 3.39. The van der Waals surface area contributed by atoms with Crippen LogP contribution in [-0.4, -0.2) is 17.5 Å². The Bertz CT molecular complexity index is 468. The summed E-state index contributed by atoms with van der Waals surface area (Å²) in [6, 6.07) is 6.08. The van der Waals surface area contributed by atoms with Gasteiger partial charge < -0.3 is 10.2 Å². The van der Waals surface area contributed by atoms with E-state index in [0.717, 1.165) is 15.8 Å². The number of hydrogen-bond acceptors (Lipinski definition) is 2. The van der Waals surface area contributed by atoms with Crippen LogP contribution >= 0.6 is 15.9 Å². The first-order valence-electron chi connectivity index (χ1n) is 5.75. The van der Waals surface area contributed by atoms with E-state index < -0.39 is 5.54 Å². The van der Waals surface area contributed by atoms with Crippen LogP contribution in [0.4, 0.5) is 11.4 Å². The largest absolute Gasteiger partial charge is 0.370 e. The van der Waals surface area contributed by atoms with Gasteiger partial charge in [-0.3, -0.25) is 4.79 Å². The Morgan fingerprint density at radius 2 is 2.00 bits per heavy atom. The van der Waals surface area contributed by atoms with E-state index in [1.54, 1.807) is 0 Å². The second-order valence-corrected chi connectivity index (χ2v) is 6.01. The first kappa shape index (κ1) is 12.4. The molecule has 0 saturated heterocycles. The quantitative estimate of drug-likeness (QED) is 0.861. The van der Waals surface area contributed by atoms with Crippen LogP contribution in [0.2, 0.25) is 0 Å². The van der Waals surface area contributed by atoms with Gasteiger partial charge in [0.15, 0.2) is 0 Å². The van der Waals surface area contributed by atoms with Gasteiger partial charge in [0.05, 0.1) is 11.4 Å². The van der Waals surface area contributed by atoms with Crippen LogP contribution in [0.15, 0.2) is 22.7 Å². The van der Waals surface area contributed by atoms with Gasteiger partial charge in [0, 0.05) is 10.5 Å². The van der Waals surface area contributed by atoms with Gasteiger partial charge in [0.2, 0.25) is 0 Å². The smallest absolute Gasteiger partial charge is 0.252 e. The zero-order valence-corrected chi connectivity index (χ0v) is 12.1. The lowest BCUT2D eigenvalue weighted by atomic mass is 9.97. The van der Waals surface area contributed by atoms with Crippen molar-refractivity contribution in [2.75, 3.05) is 10.2 Å². The summed E-state index contributed by atoms with van der Waals surface area (Å²) in [6.45, 7) is 7.88. The number of amides is 1. The molecule has 0 aliphatic carbocycles. The minimum Gasteiger partial charge on any atom is -0.370 e. The highest BCUT2D eigenvalue weighted by atomic mass is 79.9. The fraction of sp³-hybridized carbons (Fsp3) is 0.462. The van der Waals surface area contributed by atoms with E-state index in [-0.39, 0.29) is 11.9 Å². The summed E-state index contributed by atoms with van der Waals surface area (Å²) in [4.78, 5) is 14.3. The molecular weight excluding hydrogens is 280 g/mol. The molecule has 0 atom stereocenters. The van der Waals surface area contributed by atoms with E-state index in [1.807, 2.05) is 50.8 Å². The van der Waals surface area contributed by atoms with Gasteiger partial charge in [-0.05, 0) is 55.8 Å². The molecule has 1 heterocycles. The van der Waals surface area contributed by atoms with E-state index in [9.17, 15) is 4.79 Å². The zero-order chi connectivity index (χ0) is 12.8. The number of nitrogens with zero attached hydrogens (tertiary/aromatic N) is 1. The average molecular weight is 297 g/mol. The summed E-state index contributed by atoms with van der Waals surface area (Å²) in [7, 11) is 0. The molecular formula is C13H17BrN2O. The van der Waals surface area contributed by atoms with Crippen molar-refractivity contribution in [1.29, 1.82) is 0 Å². The third-order valence-corrected chi connectivity index (χ3v) is 3.58. The third kappa shape index (κ3) is 1.95. The van der Waals surface area contributed by atoms with E-state index >= 15 is 0 Å². The van der Waals surface area contributed by atoms with Gasteiger partial charge >= 0.3 is 0 Å². The van der Waals surface area contributed by atoms with Crippen molar-refractivity contribution in [2.45, 2.75) is 39.3 Å². The van der Waals surface area contributed by atoms with E-state index in [1.165, 1.54) is 0 Å². The van der Waals surface area contributed by atoms with Crippen molar-refractivity contribution in [3.63, 3.8) is 0 Å². The number of anilines is 2. The summed E-state index contributed by atoms with van der Waals surface area (Å²) >= 11 is 3.52. The Morgan fingerprint density at radius 3 is 2.59 bits per heavy atom. The number of fused-ring (bicyclic) bond motifs is 1. The molecule has 4 heteroatoms. The molecule has 0 fully saturated rings. The van der Waals surface area contributed by atoms with Crippen molar-refractivity contribution in [2.24, 2.45) is 0 Å². The Kier molecular flexibility index (Phi) is 2.94. The van der Waals surface area contributed by atoms with Gasteiger partial charge in [-0.25, -0.2) is 0 Å². The molecule has 0 unspecified atom stereocenters. The Labute approximate surface area is 110 Å². The standard InChI is InChI=1S/C13H17BrN2O/c1-8(2)16-11-9(14)6-5-7-10(11)15-13(3,4)12(16)17/h5-8,15H,1-4H3. The van der Waals surface area contributed by atoms with Gasteiger partial charge in [0.1, 0.15) is 5.54 Å². The number of para-hydroxylation sites is 1. The van der Waals surface area contributed by atoms with Crippen molar-refractivity contribution < 1.29 is 4.79 Å². The monoisotopic (exact) mass is 296 g/mol. The van der Waals surface area contributed by atoms with Gasteiger partial charge in [-0.15, -0.1) is 0 Å². The van der Waals surface area contributed by atoms with Crippen LogP contribution in [0.3, 0.4) is 0 Å². The van der Waals surface area contributed by atoms with Crippen LogP contribution in [-0.2, 0) is 4.79 Å². The zero-order valence-electron chi connectivity index (χ0n) is 10.5. The number of carbonyl (C=O) groups excluding carboxylic acids is 1. The highest BCUT2D eigenvalue weighted by molar-refractivity contribution is 9.10. The molecule has 3 nitrogen and oxygen atoms in total. The summed E-state index contributed by atoms with van der Waals surface area (Å²) in [6.07, 6.45) is 0. The number of rotatable bonds is 1. The highest BCUT2D eigenvalue weighted by Gasteiger charge is 2.40. The molecule has 0 spiro atoms. The molecule has 1 aliphatic rings. The molecule has 2 rings (SSSR count). The van der Waals surface area contributed by atoms with Crippen molar-refractivity contribution in [1.82, 2.24) is 0 Å².